The topological polar surface area (TPSA) is 12.0 Å². The summed E-state index contributed by atoms with van der Waals surface area (Å²) < 4.78 is 13.8. The second-order valence-corrected chi connectivity index (χ2v) is 6.00. The second kappa shape index (κ2) is 6.10. The zero-order valence-corrected chi connectivity index (χ0v) is 12.6. The molecule has 0 atom stereocenters. The van der Waals surface area contributed by atoms with Crippen LogP contribution >= 0.6 is 11.3 Å². The molecule has 3 heteroatoms. The first-order valence-corrected chi connectivity index (χ1v) is 7.73. The number of hydrogen-bond donors (Lipinski definition) is 1. The Morgan fingerprint density at radius 3 is 2.57 bits per heavy atom. The van der Waals surface area contributed by atoms with Crippen LogP contribution in [0.5, 0.6) is 0 Å². The van der Waals surface area contributed by atoms with E-state index < -0.39 is 0 Å². The van der Waals surface area contributed by atoms with Gasteiger partial charge in [0.15, 0.2) is 0 Å². The molecule has 21 heavy (non-hydrogen) atoms. The van der Waals surface area contributed by atoms with Crippen molar-refractivity contribution in [1.29, 1.82) is 0 Å². The highest BCUT2D eigenvalue weighted by atomic mass is 32.1. The minimum atomic E-state index is -0.199. The first-order valence-electron chi connectivity index (χ1n) is 6.85. The maximum absolute atomic E-state index is 13.8. The summed E-state index contributed by atoms with van der Waals surface area (Å²) in [6.07, 6.45) is 0. The number of nitrogens with one attached hydrogen (secondary N) is 1. The molecule has 3 aromatic rings. The smallest absolute Gasteiger partial charge is 0.146 e. The SMILES string of the molecule is Cc1ccc(NCc2cc(-c3ccccc3)cs2)c(F)c1. The van der Waals surface area contributed by atoms with Gasteiger partial charge in [0, 0.05) is 11.4 Å². The predicted octanol–water partition coefficient (Wildman–Crippen LogP) is 5.47. The fourth-order valence-electron chi connectivity index (χ4n) is 2.20. The molecule has 1 heterocycles. The van der Waals surface area contributed by atoms with Gasteiger partial charge in [-0.25, -0.2) is 4.39 Å². The summed E-state index contributed by atoms with van der Waals surface area (Å²) in [7, 11) is 0. The summed E-state index contributed by atoms with van der Waals surface area (Å²) in [5.41, 5.74) is 3.90. The molecule has 1 nitrogen and oxygen atoms in total. The zero-order chi connectivity index (χ0) is 14.7. The fraction of sp³-hybridized carbons (Fsp3) is 0.111. The molecule has 0 aliphatic rings. The van der Waals surface area contributed by atoms with E-state index in [-0.39, 0.29) is 5.82 Å². The molecule has 0 saturated carbocycles. The molecule has 2 aromatic carbocycles. The van der Waals surface area contributed by atoms with Crippen LogP contribution in [0.15, 0.2) is 60.0 Å². The third kappa shape index (κ3) is 3.31. The maximum atomic E-state index is 13.8. The molecule has 106 valence electrons. The zero-order valence-electron chi connectivity index (χ0n) is 11.8. The normalized spacial score (nSPS) is 10.6. The Hall–Kier alpha value is -2.13. The van der Waals surface area contributed by atoms with E-state index in [9.17, 15) is 4.39 Å². The summed E-state index contributed by atoms with van der Waals surface area (Å²) in [6.45, 7) is 2.52. The molecular weight excluding hydrogens is 281 g/mol. The second-order valence-electron chi connectivity index (χ2n) is 5.00. The standard InChI is InChI=1S/C18H16FNS/c1-13-7-8-18(17(19)9-13)20-11-16-10-15(12-21-16)14-5-3-2-4-6-14/h2-10,12,20H,11H2,1H3. The lowest BCUT2D eigenvalue weighted by atomic mass is 10.1. The van der Waals surface area contributed by atoms with E-state index in [1.54, 1.807) is 23.5 Å². The van der Waals surface area contributed by atoms with Crippen LogP contribution in [0, 0.1) is 12.7 Å². The number of benzene rings is 2. The van der Waals surface area contributed by atoms with E-state index in [4.69, 9.17) is 0 Å². The molecule has 0 aliphatic carbocycles. The van der Waals surface area contributed by atoms with Crippen molar-refractivity contribution in [3.05, 3.63) is 76.2 Å². The van der Waals surface area contributed by atoms with Crippen LogP contribution in [0.2, 0.25) is 0 Å². The minimum Gasteiger partial charge on any atom is -0.378 e. The first kappa shape index (κ1) is 13.8. The highest BCUT2D eigenvalue weighted by Crippen LogP contribution is 2.26. The molecule has 0 saturated heterocycles. The molecule has 0 spiro atoms. The van der Waals surface area contributed by atoms with Gasteiger partial charge in [0.05, 0.1) is 5.69 Å². The van der Waals surface area contributed by atoms with Crippen molar-refractivity contribution in [2.45, 2.75) is 13.5 Å². The number of hydrogen-bond acceptors (Lipinski definition) is 2. The summed E-state index contributed by atoms with van der Waals surface area (Å²) in [5, 5.41) is 5.29. The van der Waals surface area contributed by atoms with Gasteiger partial charge in [-0.15, -0.1) is 11.3 Å². The molecule has 1 N–H and O–H groups in total. The molecule has 0 radical (unpaired) electrons. The van der Waals surface area contributed by atoms with Gasteiger partial charge in [-0.3, -0.25) is 0 Å². The van der Waals surface area contributed by atoms with Gasteiger partial charge in [-0.1, -0.05) is 36.4 Å². The fourth-order valence-corrected chi connectivity index (χ4v) is 3.03. The third-order valence-corrected chi connectivity index (χ3v) is 4.28. The van der Waals surface area contributed by atoms with Crippen molar-refractivity contribution in [2.24, 2.45) is 0 Å². The summed E-state index contributed by atoms with van der Waals surface area (Å²) in [5.74, 6) is -0.199. The van der Waals surface area contributed by atoms with E-state index in [1.807, 2.05) is 31.2 Å². The highest BCUT2D eigenvalue weighted by Gasteiger charge is 2.05. The molecule has 1 aromatic heterocycles. The lowest BCUT2D eigenvalue weighted by molar-refractivity contribution is 0.629. The quantitative estimate of drug-likeness (QED) is 0.673. The minimum absolute atomic E-state index is 0.199. The van der Waals surface area contributed by atoms with E-state index in [1.165, 1.54) is 16.0 Å². The Morgan fingerprint density at radius 2 is 1.81 bits per heavy atom. The Kier molecular flexibility index (Phi) is 4.02. The molecule has 3 rings (SSSR count). The van der Waals surface area contributed by atoms with Gasteiger partial charge >= 0.3 is 0 Å². The number of aryl methyl sites for hydroxylation is 1. The van der Waals surface area contributed by atoms with E-state index in [0.717, 1.165) is 5.56 Å². The van der Waals surface area contributed by atoms with Crippen LogP contribution in [0.25, 0.3) is 11.1 Å². The van der Waals surface area contributed by atoms with Crippen molar-refractivity contribution in [3.63, 3.8) is 0 Å². The van der Waals surface area contributed by atoms with E-state index in [0.29, 0.717) is 12.2 Å². The molecular formula is C18H16FNS. The average Bonchev–Trinajstić information content (AvgIpc) is 2.96. The van der Waals surface area contributed by atoms with Crippen LogP contribution in [-0.4, -0.2) is 0 Å². The summed E-state index contributed by atoms with van der Waals surface area (Å²) in [4.78, 5) is 1.19. The highest BCUT2D eigenvalue weighted by molar-refractivity contribution is 7.10. The number of thiophene rings is 1. The van der Waals surface area contributed by atoms with Gasteiger partial charge in [0.25, 0.3) is 0 Å². The molecule has 0 aliphatic heterocycles. The lowest BCUT2D eigenvalue weighted by Crippen LogP contribution is -1.99. The van der Waals surface area contributed by atoms with E-state index in [2.05, 4.69) is 28.9 Å². The van der Waals surface area contributed by atoms with Crippen LogP contribution in [0.4, 0.5) is 10.1 Å². The number of halogens is 1. The first-order chi connectivity index (χ1) is 10.2. The molecule has 0 fully saturated rings. The molecule has 0 unspecified atom stereocenters. The average molecular weight is 297 g/mol. The number of rotatable bonds is 4. The molecule has 0 bridgehead atoms. The van der Waals surface area contributed by atoms with Crippen molar-refractivity contribution in [1.82, 2.24) is 0 Å². The van der Waals surface area contributed by atoms with Crippen molar-refractivity contribution < 1.29 is 4.39 Å². The van der Waals surface area contributed by atoms with Gasteiger partial charge in [-0.2, -0.15) is 0 Å². The Morgan fingerprint density at radius 1 is 1.00 bits per heavy atom. The van der Waals surface area contributed by atoms with Gasteiger partial charge in [0.1, 0.15) is 5.82 Å². The Labute approximate surface area is 128 Å². The summed E-state index contributed by atoms with van der Waals surface area (Å²) in [6, 6.07) is 17.7. The van der Waals surface area contributed by atoms with Crippen molar-refractivity contribution in [2.75, 3.05) is 5.32 Å². The van der Waals surface area contributed by atoms with Gasteiger partial charge in [0.2, 0.25) is 0 Å². The third-order valence-electron chi connectivity index (χ3n) is 3.34. The monoisotopic (exact) mass is 297 g/mol. The Balaban J connectivity index is 1.70. The summed E-state index contributed by atoms with van der Waals surface area (Å²) >= 11 is 1.69. The van der Waals surface area contributed by atoms with Gasteiger partial charge in [-0.05, 0) is 47.2 Å². The van der Waals surface area contributed by atoms with Gasteiger partial charge < -0.3 is 5.32 Å². The predicted molar refractivity (Wildman–Crippen MR) is 88.2 cm³/mol. The van der Waals surface area contributed by atoms with Crippen LogP contribution in [0.3, 0.4) is 0 Å². The van der Waals surface area contributed by atoms with Crippen LogP contribution in [-0.2, 0) is 6.54 Å². The van der Waals surface area contributed by atoms with Crippen molar-refractivity contribution in [3.8, 4) is 11.1 Å². The largest absolute Gasteiger partial charge is 0.378 e. The lowest BCUT2D eigenvalue weighted by Gasteiger charge is -2.06. The molecule has 0 amide bonds. The van der Waals surface area contributed by atoms with Crippen molar-refractivity contribution >= 4 is 17.0 Å². The van der Waals surface area contributed by atoms with Crippen LogP contribution < -0.4 is 5.32 Å². The van der Waals surface area contributed by atoms with Crippen LogP contribution in [0.1, 0.15) is 10.4 Å². The maximum Gasteiger partial charge on any atom is 0.146 e. The van der Waals surface area contributed by atoms with E-state index >= 15 is 0 Å². The number of anilines is 1. The Bertz CT molecular complexity index is 734.